The third-order valence-corrected chi connectivity index (χ3v) is 14.8. The fourth-order valence-electron chi connectivity index (χ4n) is 11.4. The molecule has 8 atom stereocenters. The van der Waals surface area contributed by atoms with Gasteiger partial charge in [0.05, 0.1) is 23.2 Å². The minimum absolute atomic E-state index is 0.0681. The number of fused-ring (bicyclic) bond motifs is 6. The van der Waals surface area contributed by atoms with E-state index >= 15 is 0 Å². The number of aliphatic hydroxyl groups is 6. The van der Waals surface area contributed by atoms with Gasteiger partial charge >= 0.3 is 0 Å². The summed E-state index contributed by atoms with van der Waals surface area (Å²) in [5, 5.41) is 88.0. The van der Waals surface area contributed by atoms with Crippen molar-refractivity contribution in [3.63, 3.8) is 0 Å². The number of hydrogen-bond donors (Lipinski definition) is 10. The van der Waals surface area contributed by atoms with Gasteiger partial charge in [-0.05, 0) is 135 Å². The molecule has 8 rings (SSSR count). The summed E-state index contributed by atoms with van der Waals surface area (Å²) in [6, 6.07) is 4.48. The zero-order chi connectivity index (χ0) is 50.8. The van der Waals surface area contributed by atoms with Crippen molar-refractivity contribution in [1.29, 1.82) is 0 Å². The second-order valence-electron chi connectivity index (χ2n) is 20.4. The third-order valence-electron chi connectivity index (χ3n) is 14.8. The van der Waals surface area contributed by atoms with Crippen LogP contribution in [0.5, 0.6) is 11.5 Å². The molecule has 0 saturated heterocycles. The van der Waals surface area contributed by atoms with Gasteiger partial charge in [0.2, 0.25) is 11.6 Å². The number of carbonyl (C=O) groups is 6. The molecule has 12 N–H and O–H groups in total. The van der Waals surface area contributed by atoms with Crippen molar-refractivity contribution in [2.24, 2.45) is 35.1 Å². The molecule has 2 saturated carbocycles. The maximum atomic E-state index is 13.8. The lowest BCUT2D eigenvalue weighted by atomic mass is 9.57. The molecular formula is C49H59N5O14. The molecule has 0 aromatic heterocycles. The van der Waals surface area contributed by atoms with E-state index in [0.717, 1.165) is 11.1 Å². The number of hydrogen-bond acceptors (Lipinski definition) is 17. The molecule has 6 aliphatic rings. The Kier molecular flexibility index (Phi) is 12.2. The number of benzene rings is 2. The Morgan fingerprint density at radius 1 is 0.647 bits per heavy atom. The summed E-state index contributed by atoms with van der Waals surface area (Å²) in [6.45, 7) is 8.54. The zero-order valence-electron chi connectivity index (χ0n) is 39.3. The van der Waals surface area contributed by atoms with Gasteiger partial charge in [-0.25, -0.2) is 0 Å². The average molecular weight is 942 g/mol. The van der Waals surface area contributed by atoms with E-state index in [1.807, 2.05) is 13.1 Å². The first-order valence-electron chi connectivity index (χ1n) is 22.1. The molecule has 68 heavy (non-hydrogen) atoms. The number of carbonyl (C=O) groups excluding carboxylic acids is 6. The molecule has 19 heteroatoms. The lowest BCUT2D eigenvalue weighted by Crippen LogP contribution is -2.65. The van der Waals surface area contributed by atoms with E-state index < -0.39 is 116 Å². The molecule has 2 fully saturated rings. The average Bonchev–Trinajstić information content (AvgIpc) is 3.19. The number of likely N-dealkylation sites (N-methyl/N-ethyl adjacent to an activating group) is 2. The molecule has 0 bridgehead atoms. The highest BCUT2D eigenvalue weighted by Crippen LogP contribution is 2.54. The smallest absolute Gasteiger partial charge is 0.255 e. The van der Waals surface area contributed by atoms with Crippen molar-refractivity contribution >= 4 is 46.5 Å². The maximum absolute atomic E-state index is 13.8. The van der Waals surface area contributed by atoms with Crippen LogP contribution in [0.1, 0.15) is 67.0 Å². The minimum atomic E-state index is -2.63. The predicted molar refractivity (Wildman–Crippen MR) is 244 cm³/mol. The van der Waals surface area contributed by atoms with Gasteiger partial charge < -0.3 is 52.3 Å². The number of amides is 2. The number of aliphatic hydroxyl groups excluding tert-OH is 4. The van der Waals surface area contributed by atoms with Crippen molar-refractivity contribution in [3.05, 3.63) is 91.5 Å². The highest BCUT2D eigenvalue weighted by atomic mass is 16.4. The van der Waals surface area contributed by atoms with Crippen LogP contribution in [0.3, 0.4) is 0 Å². The number of ketones is 4. The number of Topliss-reactive ketones (excluding diaryl/α,β-unsaturated/α-hetero) is 4. The van der Waals surface area contributed by atoms with Crippen molar-refractivity contribution in [2.75, 3.05) is 35.2 Å². The Morgan fingerprint density at radius 2 is 1.03 bits per heavy atom. The fraction of sp³-hybridized carbons (Fsp3) is 0.469. The first-order chi connectivity index (χ1) is 31.4. The molecule has 0 aliphatic heterocycles. The van der Waals surface area contributed by atoms with Crippen LogP contribution in [-0.2, 0) is 48.2 Å². The quantitative estimate of drug-likeness (QED) is 0.183. The van der Waals surface area contributed by atoms with Gasteiger partial charge in [-0.1, -0.05) is 12.1 Å². The highest BCUT2D eigenvalue weighted by molar-refractivity contribution is 6.25. The molecule has 2 aromatic carbocycles. The van der Waals surface area contributed by atoms with Crippen LogP contribution in [-0.4, -0.2) is 155 Å². The summed E-state index contributed by atoms with van der Waals surface area (Å²) in [7, 11) is 8.24. The van der Waals surface area contributed by atoms with E-state index in [1.54, 1.807) is 41.2 Å². The van der Waals surface area contributed by atoms with Gasteiger partial charge in [0.25, 0.3) is 11.8 Å². The molecule has 0 unspecified atom stereocenters. The highest BCUT2D eigenvalue weighted by Gasteiger charge is 2.66. The molecular weight excluding hydrogens is 883 g/mol. The van der Waals surface area contributed by atoms with Gasteiger partial charge in [-0.15, -0.1) is 0 Å². The fourth-order valence-corrected chi connectivity index (χ4v) is 11.4. The second kappa shape index (κ2) is 16.7. The molecule has 0 heterocycles. The molecule has 2 aromatic rings. The van der Waals surface area contributed by atoms with Crippen LogP contribution in [0.25, 0.3) is 11.5 Å². The number of primary amides is 2. The van der Waals surface area contributed by atoms with E-state index in [0.29, 0.717) is 24.1 Å². The number of nitrogens with two attached hydrogens (primary N) is 2. The minimum Gasteiger partial charge on any atom is -0.508 e. The second-order valence-corrected chi connectivity index (χ2v) is 20.4. The molecule has 0 spiro atoms. The van der Waals surface area contributed by atoms with Gasteiger partial charge in [0.1, 0.15) is 45.7 Å². The molecule has 19 nitrogen and oxygen atoms in total. The van der Waals surface area contributed by atoms with Gasteiger partial charge in [-0.2, -0.15) is 0 Å². The van der Waals surface area contributed by atoms with E-state index in [-0.39, 0.29) is 58.6 Å². The first-order valence-corrected chi connectivity index (χ1v) is 22.1. The van der Waals surface area contributed by atoms with Crippen molar-refractivity contribution in [1.82, 2.24) is 14.7 Å². The standard InChI is InChI=1S/C27H35N3O7.C22H24N2O7/c1-26(2,3)30(6)11-12-7-13-9-14-10-15-20(29(4)5)22(33)19(25(28)36)24(35)27(15,37)23(34)18(14)21(32)17(13)16(31)8-12;1-8-4-9-6-10-7-11-16(24(2)3)18(27)15(21(23)30)20(29)22(11,31)19(28)14(10)17(26)13(9)12(25)5-8/h7-8,14-15,20,31-32,35,37H,9-11H2,1-6H3,(H2,28,36);4-5,10-11,16,25-26,29,31H,6-7H2,1-3H3,(H2,23,30)/t14-,15-,20-,27-;10-,11-,16-,22-/m00/s1. The Bertz CT molecular complexity index is 2760. The lowest BCUT2D eigenvalue weighted by Gasteiger charge is -2.50. The monoisotopic (exact) mass is 941 g/mol. The SMILES string of the molecule is CN(C)[C@@H]1C(=O)C(C(N)=O)=C(O)[C@@]2(O)C(=O)C3=C(O)c4c(O)cc(CN(C)C(C)(C)C)cc4C[C@H]3C[C@@H]12.Cc1cc(O)c2c(c1)C[C@H]1C[C@H]3[C@H](N(C)C)C(=O)C(C(N)=O)=C(O)[C@@]3(O)C(=O)C1=C2O. The van der Waals surface area contributed by atoms with Gasteiger partial charge in [-0.3, -0.25) is 43.5 Å². The summed E-state index contributed by atoms with van der Waals surface area (Å²) in [5.74, 6) is -12.9. The Morgan fingerprint density at radius 3 is 1.40 bits per heavy atom. The summed E-state index contributed by atoms with van der Waals surface area (Å²) < 4.78 is 0. The normalized spacial score (nSPS) is 29.0. The Balaban J connectivity index is 0.000000204. The molecule has 2 amide bonds. The van der Waals surface area contributed by atoms with Crippen LogP contribution >= 0.6 is 0 Å². The lowest BCUT2D eigenvalue weighted by molar-refractivity contribution is -0.155. The first kappa shape index (κ1) is 49.5. The number of aryl methyl sites for hydroxylation is 1. The summed E-state index contributed by atoms with van der Waals surface area (Å²) in [4.78, 5) is 82.4. The molecule has 0 radical (unpaired) electrons. The Labute approximate surface area is 391 Å². The number of aromatic hydroxyl groups is 2. The van der Waals surface area contributed by atoms with Crippen molar-refractivity contribution in [2.45, 2.75) is 88.7 Å². The van der Waals surface area contributed by atoms with E-state index in [2.05, 4.69) is 25.7 Å². The number of nitrogens with zero attached hydrogens (tertiary/aromatic N) is 3. The summed E-state index contributed by atoms with van der Waals surface area (Å²) in [5.41, 5.74) is 6.41. The summed E-state index contributed by atoms with van der Waals surface area (Å²) >= 11 is 0. The third kappa shape index (κ3) is 7.29. The topological polar surface area (TPSA) is 326 Å². The molecule has 364 valence electrons. The van der Waals surface area contributed by atoms with E-state index in [4.69, 9.17) is 11.5 Å². The number of phenols is 2. The largest absolute Gasteiger partial charge is 0.508 e. The predicted octanol–water partition coefficient (Wildman–Crippen LogP) is 1.47. The van der Waals surface area contributed by atoms with Crippen LogP contribution in [0.2, 0.25) is 0 Å². The number of phenolic OH excluding ortho intramolecular Hbond substituents is 2. The van der Waals surface area contributed by atoms with E-state index in [1.165, 1.54) is 21.9 Å². The summed E-state index contributed by atoms with van der Waals surface area (Å²) in [6.07, 6.45) is 0.720. The van der Waals surface area contributed by atoms with Crippen molar-refractivity contribution < 1.29 is 69.6 Å². The van der Waals surface area contributed by atoms with Crippen LogP contribution in [0, 0.1) is 30.6 Å². The molecule has 6 aliphatic carbocycles. The van der Waals surface area contributed by atoms with E-state index in [9.17, 15) is 69.6 Å². The van der Waals surface area contributed by atoms with Crippen LogP contribution in [0.15, 0.2) is 58.1 Å². The van der Waals surface area contributed by atoms with Gasteiger partial charge in [0, 0.05) is 35.1 Å². The van der Waals surface area contributed by atoms with Crippen LogP contribution in [0.4, 0.5) is 0 Å². The maximum Gasteiger partial charge on any atom is 0.255 e. The van der Waals surface area contributed by atoms with Gasteiger partial charge in [0.15, 0.2) is 22.8 Å². The van der Waals surface area contributed by atoms with Crippen molar-refractivity contribution in [3.8, 4) is 11.5 Å². The number of rotatable bonds is 6. The van der Waals surface area contributed by atoms with Crippen LogP contribution < -0.4 is 11.5 Å². The zero-order valence-corrected chi connectivity index (χ0v) is 39.3. The Hall–Kier alpha value is -6.38.